The average molecular weight is 316 g/mol. The molecule has 1 rings (SSSR count). The van der Waals surface area contributed by atoms with E-state index < -0.39 is 19.1 Å². The van der Waals surface area contributed by atoms with E-state index in [1.54, 1.807) is 6.07 Å². The van der Waals surface area contributed by atoms with E-state index in [1.165, 1.54) is 23.1 Å². The number of thioether (sulfide) groups is 1. The van der Waals surface area contributed by atoms with Crippen LogP contribution in [0.1, 0.15) is 4.88 Å². The molecule has 0 aliphatic heterocycles. The molecule has 0 saturated carbocycles. The molecule has 1 amide bonds. The maximum Gasteiger partial charge on any atom is 0.265 e. The van der Waals surface area contributed by atoms with Crippen LogP contribution in [0.2, 0.25) is 4.34 Å². The number of thiophene rings is 1. The highest BCUT2D eigenvalue weighted by Gasteiger charge is 2.17. The van der Waals surface area contributed by atoms with E-state index in [0.29, 0.717) is 10.1 Å². The summed E-state index contributed by atoms with van der Waals surface area (Å²) in [7, 11) is 0. The van der Waals surface area contributed by atoms with Crippen molar-refractivity contribution >= 4 is 40.6 Å². The Hall–Kier alpha value is -0.370. The Morgan fingerprint density at radius 2 is 2.28 bits per heavy atom. The highest BCUT2D eigenvalue weighted by atomic mass is 35.5. The van der Waals surface area contributed by atoms with Crippen LogP contribution in [0.5, 0.6) is 0 Å². The normalized spacial score (nSPS) is 12.7. The lowest BCUT2D eigenvalue weighted by Crippen LogP contribution is -2.36. The Kier molecular flexibility index (Phi) is 6.91. The molecular formula is C10H12ClF2NO2S2. The number of aliphatic hydroxyl groups is 1. The van der Waals surface area contributed by atoms with Crippen LogP contribution >= 0.6 is 34.7 Å². The van der Waals surface area contributed by atoms with Gasteiger partial charge in [-0.1, -0.05) is 11.6 Å². The van der Waals surface area contributed by atoms with Gasteiger partial charge < -0.3 is 10.4 Å². The fourth-order valence-electron chi connectivity index (χ4n) is 1.03. The van der Waals surface area contributed by atoms with Gasteiger partial charge in [0.05, 0.1) is 10.1 Å². The summed E-state index contributed by atoms with van der Waals surface area (Å²) in [5, 5.41) is 11.0. The minimum absolute atomic E-state index is 0.158. The fraction of sp³-hybridized carbons (Fsp3) is 0.500. The Balaban J connectivity index is 2.14. The number of halogens is 3. The predicted octanol–water partition coefficient (Wildman–Crippen LogP) is 2.38. The second-order valence-electron chi connectivity index (χ2n) is 3.40. The first-order valence-corrected chi connectivity index (χ1v) is 7.39. The second-order valence-corrected chi connectivity index (χ2v) is 6.19. The SMILES string of the molecule is O=C(CSCc1ccc(Cl)s1)NCC(O)C(F)F. The number of alkyl halides is 2. The van der Waals surface area contributed by atoms with Crippen molar-refractivity contribution in [2.45, 2.75) is 18.3 Å². The van der Waals surface area contributed by atoms with Gasteiger partial charge in [-0.05, 0) is 12.1 Å². The zero-order chi connectivity index (χ0) is 13.5. The summed E-state index contributed by atoms with van der Waals surface area (Å²) in [6.07, 6.45) is -4.65. The van der Waals surface area contributed by atoms with Crippen molar-refractivity contribution in [2.24, 2.45) is 0 Å². The molecule has 1 unspecified atom stereocenters. The van der Waals surface area contributed by atoms with Crippen LogP contribution in [0.3, 0.4) is 0 Å². The van der Waals surface area contributed by atoms with Gasteiger partial charge in [0.1, 0.15) is 6.10 Å². The molecule has 0 spiro atoms. The predicted molar refractivity (Wildman–Crippen MR) is 70.5 cm³/mol. The molecule has 1 heterocycles. The van der Waals surface area contributed by atoms with Crippen molar-refractivity contribution in [3.63, 3.8) is 0 Å². The van der Waals surface area contributed by atoms with E-state index in [9.17, 15) is 13.6 Å². The van der Waals surface area contributed by atoms with Crippen LogP contribution in [0.25, 0.3) is 0 Å². The topological polar surface area (TPSA) is 49.3 Å². The van der Waals surface area contributed by atoms with Crippen molar-refractivity contribution < 1.29 is 18.7 Å². The number of rotatable bonds is 7. The average Bonchev–Trinajstić information content (AvgIpc) is 2.71. The lowest BCUT2D eigenvalue weighted by Gasteiger charge is -2.10. The molecule has 102 valence electrons. The highest BCUT2D eigenvalue weighted by molar-refractivity contribution is 7.99. The minimum Gasteiger partial charge on any atom is -0.385 e. The first-order valence-electron chi connectivity index (χ1n) is 5.04. The summed E-state index contributed by atoms with van der Waals surface area (Å²) in [4.78, 5) is 12.3. The maximum atomic E-state index is 11.9. The number of hydrogen-bond acceptors (Lipinski definition) is 4. The summed E-state index contributed by atoms with van der Waals surface area (Å²) in [5.74, 6) is 0.426. The van der Waals surface area contributed by atoms with Crippen LogP contribution < -0.4 is 5.32 Å². The lowest BCUT2D eigenvalue weighted by atomic mass is 10.4. The summed E-state index contributed by atoms with van der Waals surface area (Å²) in [6.45, 7) is -0.429. The highest BCUT2D eigenvalue weighted by Crippen LogP contribution is 2.24. The van der Waals surface area contributed by atoms with Gasteiger partial charge in [0, 0.05) is 17.2 Å². The number of aliphatic hydroxyl groups excluding tert-OH is 1. The minimum atomic E-state index is -2.84. The summed E-state index contributed by atoms with van der Waals surface area (Å²) >= 11 is 8.54. The molecule has 0 aromatic carbocycles. The van der Waals surface area contributed by atoms with Crippen LogP contribution in [0.15, 0.2) is 12.1 Å². The van der Waals surface area contributed by atoms with Crippen molar-refractivity contribution in [3.8, 4) is 0 Å². The zero-order valence-electron chi connectivity index (χ0n) is 9.24. The molecule has 8 heteroatoms. The third-order valence-corrected chi connectivity index (χ3v) is 4.30. The largest absolute Gasteiger partial charge is 0.385 e. The van der Waals surface area contributed by atoms with Crippen molar-refractivity contribution in [3.05, 3.63) is 21.3 Å². The quantitative estimate of drug-likeness (QED) is 0.812. The van der Waals surface area contributed by atoms with E-state index in [2.05, 4.69) is 5.32 Å². The van der Waals surface area contributed by atoms with E-state index in [0.717, 1.165) is 4.88 Å². The van der Waals surface area contributed by atoms with Crippen LogP contribution in [0, 0.1) is 0 Å². The summed E-state index contributed by atoms with van der Waals surface area (Å²) in [5.41, 5.74) is 0. The van der Waals surface area contributed by atoms with Crippen molar-refractivity contribution in [1.82, 2.24) is 5.32 Å². The number of carbonyl (C=O) groups is 1. The number of amides is 1. The lowest BCUT2D eigenvalue weighted by molar-refractivity contribution is -0.119. The molecule has 1 aromatic heterocycles. The number of hydrogen-bond donors (Lipinski definition) is 2. The van der Waals surface area contributed by atoms with Gasteiger partial charge in [0.2, 0.25) is 5.91 Å². The third kappa shape index (κ3) is 5.99. The summed E-state index contributed by atoms with van der Waals surface area (Å²) in [6, 6.07) is 3.65. The van der Waals surface area contributed by atoms with Gasteiger partial charge in [0.15, 0.2) is 0 Å². The zero-order valence-corrected chi connectivity index (χ0v) is 11.6. The standard InChI is InChI=1S/C10H12ClF2NO2S2/c11-8-2-1-6(18-8)4-17-5-9(16)14-3-7(15)10(12)13/h1-2,7,10,15H,3-5H2,(H,14,16). The van der Waals surface area contributed by atoms with E-state index in [4.69, 9.17) is 16.7 Å². The molecule has 0 aliphatic carbocycles. The molecular weight excluding hydrogens is 304 g/mol. The van der Waals surface area contributed by atoms with Crippen molar-refractivity contribution in [2.75, 3.05) is 12.3 Å². The van der Waals surface area contributed by atoms with Gasteiger partial charge in [0.25, 0.3) is 6.43 Å². The van der Waals surface area contributed by atoms with Crippen LogP contribution in [-0.4, -0.2) is 35.8 Å². The number of nitrogens with one attached hydrogen (secondary N) is 1. The van der Waals surface area contributed by atoms with Gasteiger partial charge in [-0.3, -0.25) is 4.79 Å². The van der Waals surface area contributed by atoms with Gasteiger partial charge >= 0.3 is 0 Å². The van der Waals surface area contributed by atoms with Gasteiger partial charge in [-0.25, -0.2) is 8.78 Å². The molecule has 18 heavy (non-hydrogen) atoms. The monoisotopic (exact) mass is 315 g/mol. The van der Waals surface area contributed by atoms with Crippen LogP contribution in [0.4, 0.5) is 8.78 Å². The molecule has 2 N–H and O–H groups in total. The molecule has 1 aromatic rings. The molecule has 0 saturated heterocycles. The van der Waals surface area contributed by atoms with Crippen molar-refractivity contribution in [1.29, 1.82) is 0 Å². The second kappa shape index (κ2) is 7.93. The molecule has 0 fully saturated rings. The van der Waals surface area contributed by atoms with E-state index >= 15 is 0 Å². The molecule has 1 atom stereocenters. The fourth-order valence-corrected chi connectivity index (χ4v) is 3.09. The van der Waals surface area contributed by atoms with Crippen LogP contribution in [-0.2, 0) is 10.5 Å². The van der Waals surface area contributed by atoms with E-state index in [-0.39, 0.29) is 11.7 Å². The van der Waals surface area contributed by atoms with Gasteiger partial charge in [-0.15, -0.1) is 23.1 Å². The first-order chi connectivity index (χ1) is 8.49. The molecule has 0 bridgehead atoms. The first kappa shape index (κ1) is 15.7. The Bertz CT molecular complexity index is 390. The maximum absolute atomic E-state index is 11.9. The molecule has 3 nitrogen and oxygen atoms in total. The Morgan fingerprint density at radius 3 is 2.83 bits per heavy atom. The Labute approximate surface area is 117 Å². The van der Waals surface area contributed by atoms with Gasteiger partial charge in [-0.2, -0.15) is 0 Å². The third-order valence-electron chi connectivity index (χ3n) is 1.91. The van der Waals surface area contributed by atoms with E-state index in [1.807, 2.05) is 6.07 Å². The molecule has 0 aliphatic rings. The molecule has 0 radical (unpaired) electrons. The number of carbonyl (C=O) groups excluding carboxylic acids is 1. The Morgan fingerprint density at radius 1 is 1.56 bits per heavy atom. The summed E-state index contributed by atoms with van der Waals surface area (Å²) < 4.78 is 24.6. The smallest absolute Gasteiger partial charge is 0.265 e.